The number of hydrogen-bond donors (Lipinski definition) is 2. The summed E-state index contributed by atoms with van der Waals surface area (Å²) < 4.78 is 11.4. The highest BCUT2D eigenvalue weighted by molar-refractivity contribution is 5.87. The maximum atomic E-state index is 13.4. The summed E-state index contributed by atoms with van der Waals surface area (Å²) in [5.41, 5.74) is 4.45. The van der Waals surface area contributed by atoms with Crippen molar-refractivity contribution in [2.45, 2.75) is 56.2 Å². The van der Waals surface area contributed by atoms with Gasteiger partial charge in [0.05, 0.1) is 18.8 Å². The van der Waals surface area contributed by atoms with Gasteiger partial charge in [-0.2, -0.15) is 0 Å². The number of morpholine rings is 1. The van der Waals surface area contributed by atoms with Gasteiger partial charge < -0.3 is 24.8 Å². The average molecular weight is 479 g/mol. The van der Waals surface area contributed by atoms with E-state index in [1.54, 1.807) is 4.90 Å². The van der Waals surface area contributed by atoms with Crippen LogP contribution in [-0.2, 0) is 19.1 Å². The van der Waals surface area contributed by atoms with Crippen LogP contribution in [0.1, 0.15) is 49.1 Å². The molecule has 2 aliphatic carbocycles. The standard InChI is InChI=1S/C27H30N2O6/c30-25(31)13-12-22(26(32)29-14-15-34-24-11-5-10-23(24)29)28-27(33)35-16-21-19-8-3-1-6-17(19)18-7-2-4-9-20(18)21/h1-4,6-9,21-24H,5,10-16H2,(H,28,33)(H,30,31)/t22?,23-,24+/m0/s1. The number of benzene rings is 2. The number of carboxylic acid groups (broad SMARTS) is 1. The van der Waals surface area contributed by atoms with E-state index >= 15 is 0 Å². The zero-order chi connectivity index (χ0) is 24.4. The van der Waals surface area contributed by atoms with Crippen LogP contribution in [-0.4, -0.2) is 65.9 Å². The highest BCUT2D eigenvalue weighted by atomic mass is 16.5. The number of alkyl carbamates (subject to hydrolysis) is 1. The number of ether oxygens (including phenoxy) is 2. The molecule has 3 atom stereocenters. The first-order chi connectivity index (χ1) is 17.0. The van der Waals surface area contributed by atoms with Crippen LogP contribution in [0.25, 0.3) is 11.1 Å². The van der Waals surface area contributed by atoms with E-state index in [1.165, 1.54) is 0 Å². The molecular weight excluding hydrogens is 448 g/mol. The second kappa shape index (κ2) is 10.1. The third kappa shape index (κ3) is 4.75. The molecule has 3 aliphatic rings. The summed E-state index contributed by atoms with van der Waals surface area (Å²) in [6, 6.07) is 15.1. The van der Waals surface area contributed by atoms with E-state index in [2.05, 4.69) is 17.4 Å². The van der Waals surface area contributed by atoms with Crippen molar-refractivity contribution in [3.05, 3.63) is 59.7 Å². The van der Waals surface area contributed by atoms with Crippen LogP contribution in [0.4, 0.5) is 4.79 Å². The number of nitrogens with one attached hydrogen (secondary N) is 1. The lowest BCUT2D eigenvalue weighted by molar-refractivity contribution is -0.146. The molecule has 2 aromatic rings. The molecule has 5 rings (SSSR count). The number of carbonyl (C=O) groups is 3. The Morgan fingerprint density at radius 1 is 1.06 bits per heavy atom. The Labute approximate surface area is 204 Å². The van der Waals surface area contributed by atoms with E-state index in [-0.39, 0.29) is 43.4 Å². The molecule has 2 fully saturated rings. The molecule has 1 saturated carbocycles. The van der Waals surface area contributed by atoms with Crippen molar-refractivity contribution in [1.29, 1.82) is 0 Å². The molecular formula is C27H30N2O6. The van der Waals surface area contributed by atoms with E-state index in [1.807, 2.05) is 36.4 Å². The predicted octanol–water partition coefficient (Wildman–Crippen LogP) is 3.54. The van der Waals surface area contributed by atoms with E-state index in [9.17, 15) is 19.5 Å². The third-order valence-electron chi connectivity index (χ3n) is 7.35. The predicted molar refractivity (Wildman–Crippen MR) is 128 cm³/mol. The molecule has 8 nitrogen and oxygen atoms in total. The van der Waals surface area contributed by atoms with E-state index in [0.29, 0.717) is 13.2 Å². The smallest absolute Gasteiger partial charge is 0.407 e. The lowest BCUT2D eigenvalue weighted by Gasteiger charge is -2.39. The zero-order valence-corrected chi connectivity index (χ0v) is 19.5. The summed E-state index contributed by atoms with van der Waals surface area (Å²) in [5, 5.41) is 11.8. The number of fused-ring (bicyclic) bond motifs is 4. The molecule has 1 heterocycles. The fraction of sp³-hybridized carbons (Fsp3) is 0.444. The molecule has 2 amide bonds. The van der Waals surface area contributed by atoms with Gasteiger partial charge in [0.2, 0.25) is 5.91 Å². The van der Waals surface area contributed by atoms with Crippen LogP contribution in [0.2, 0.25) is 0 Å². The molecule has 0 radical (unpaired) electrons. The van der Waals surface area contributed by atoms with Crippen molar-refractivity contribution in [1.82, 2.24) is 10.2 Å². The summed E-state index contributed by atoms with van der Waals surface area (Å²) in [5.74, 6) is -1.38. The Kier molecular flexibility index (Phi) is 6.72. The van der Waals surface area contributed by atoms with Gasteiger partial charge in [-0.1, -0.05) is 48.5 Å². The van der Waals surface area contributed by atoms with Gasteiger partial charge in [0.25, 0.3) is 0 Å². The molecule has 2 aromatic carbocycles. The van der Waals surface area contributed by atoms with Crippen molar-refractivity contribution < 1.29 is 29.0 Å². The number of hydrogen-bond acceptors (Lipinski definition) is 5. The number of nitrogens with zero attached hydrogens (tertiary/aromatic N) is 1. The Morgan fingerprint density at radius 2 is 1.74 bits per heavy atom. The van der Waals surface area contributed by atoms with E-state index in [4.69, 9.17) is 9.47 Å². The van der Waals surface area contributed by atoms with Gasteiger partial charge >= 0.3 is 12.1 Å². The lowest BCUT2D eigenvalue weighted by Crippen LogP contribution is -2.57. The minimum atomic E-state index is -1.02. The van der Waals surface area contributed by atoms with Crippen molar-refractivity contribution in [2.24, 2.45) is 0 Å². The van der Waals surface area contributed by atoms with Gasteiger partial charge in [-0.05, 0) is 47.9 Å². The average Bonchev–Trinajstić information content (AvgIpc) is 3.47. The molecule has 1 saturated heterocycles. The number of amides is 2. The number of carbonyl (C=O) groups excluding carboxylic acids is 2. The van der Waals surface area contributed by atoms with Crippen LogP contribution in [0, 0.1) is 0 Å². The quantitative estimate of drug-likeness (QED) is 0.631. The van der Waals surface area contributed by atoms with Crippen molar-refractivity contribution in [2.75, 3.05) is 19.8 Å². The maximum absolute atomic E-state index is 13.4. The van der Waals surface area contributed by atoms with Gasteiger partial charge in [-0.15, -0.1) is 0 Å². The van der Waals surface area contributed by atoms with Crippen LogP contribution in [0.15, 0.2) is 48.5 Å². The second-order valence-electron chi connectivity index (χ2n) is 9.39. The zero-order valence-electron chi connectivity index (χ0n) is 19.5. The van der Waals surface area contributed by atoms with Crippen molar-refractivity contribution in [3.63, 3.8) is 0 Å². The SMILES string of the molecule is O=C(O)CCC(NC(=O)OCC1c2ccccc2-c2ccccc21)C(=O)N1CCO[C@@H]2CCC[C@@H]21. The normalized spacial score (nSPS) is 21.5. The molecule has 0 spiro atoms. The first-order valence-electron chi connectivity index (χ1n) is 12.3. The van der Waals surface area contributed by atoms with Gasteiger partial charge in [-0.25, -0.2) is 4.79 Å². The first kappa shape index (κ1) is 23.4. The highest BCUT2D eigenvalue weighted by Crippen LogP contribution is 2.44. The molecule has 2 N–H and O–H groups in total. The second-order valence-corrected chi connectivity index (χ2v) is 9.39. The number of aliphatic carboxylic acids is 1. The maximum Gasteiger partial charge on any atom is 0.407 e. The summed E-state index contributed by atoms with van der Waals surface area (Å²) in [6.07, 6.45) is 1.83. The topological polar surface area (TPSA) is 105 Å². The molecule has 0 bridgehead atoms. The van der Waals surface area contributed by atoms with Gasteiger partial charge in [-0.3, -0.25) is 9.59 Å². The molecule has 1 aliphatic heterocycles. The largest absolute Gasteiger partial charge is 0.481 e. The Hall–Kier alpha value is -3.39. The monoisotopic (exact) mass is 478 g/mol. The Bertz CT molecular complexity index is 1070. The third-order valence-corrected chi connectivity index (χ3v) is 7.35. The van der Waals surface area contributed by atoms with Crippen LogP contribution in [0.5, 0.6) is 0 Å². The van der Waals surface area contributed by atoms with E-state index < -0.39 is 18.1 Å². The minimum Gasteiger partial charge on any atom is -0.481 e. The van der Waals surface area contributed by atoms with Crippen LogP contribution >= 0.6 is 0 Å². The fourth-order valence-corrected chi connectivity index (χ4v) is 5.71. The highest BCUT2D eigenvalue weighted by Gasteiger charge is 2.41. The molecule has 8 heteroatoms. The Morgan fingerprint density at radius 3 is 2.43 bits per heavy atom. The van der Waals surface area contributed by atoms with Gasteiger partial charge in [0.15, 0.2) is 0 Å². The molecule has 0 aromatic heterocycles. The fourth-order valence-electron chi connectivity index (χ4n) is 5.71. The summed E-state index contributed by atoms with van der Waals surface area (Å²) in [6.45, 7) is 1.02. The molecule has 184 valence electrons. The molecule has 35 heavy (non-hydrogen) atoms. The van der Waals surface area contributed by atoms with Crippen molar-refractivity contribution in [3.8, 4) is 11.1 Å². The molecule has 1 unspecified atom stereocenters. The summed E-state index contributed by atoms with van der Waals surface area (Å²) in [7, 11) is 0. The number of carboxylic acids is 1. The minimum absolute atomic E-state index is 0.00705. The van der Waals surface area contributed by atoms with Crippen molar-refractivity contribution >= 4 is 18.0 Å². The number of rotatable bonds is 7. The summed E-state index contributed by atoms with van der Waals surface area (Å²) in [4.78, 5) is 39.2. The van der Waals surface area contributed by atoms with Gasteiger partial charge in [0.1, 0.15) is 12.6 Å². The Balaban J connectivity index is 1.26. The lowest BCUT2D eigenvalue weighted by atomic mass is 9.98. The van der Waals surface area contributed by atoms with Crippen LogP contribution < -0.4 is 5.32 Å². The summed E-state index contributed by atoms with van der Waals surface area (Å²) >= 11 is 0. The first-order valence-corrected chi connectivity index (χ1v) is 12.3. The van der Waals surface area contributed by atoms with Crippen LogP contribution in [0.3, 0.4) is 0 Å². The van der Waals surface area contributed by atoms with E-state index in [0.717, 1.165) is 41.5 Å². The van der Waals surface area contributed by atoms with Gasteiger partial charge in [0, 0.05) is 18.9 Å².